The van der Waals surface area contributed by atoms with Gasteiger partial charge in [0.25, 0.3) is 0 Å². The Kier molecular flexibility index (Phi) is 9.54. The molecule has 2 aliphatic heterocycles. The third-order valence-electron chi connectivity index (χ3n) is 6.95. The number of nitrogens with one attached hydrogen (secondary N) is 2. The van der Waals surface area contributed by atoms with Crippen molar-refractivity contribution in [3.8, 4) is 0 Å². The van der Waals surface area contributed by atoms with Gasteiger partial charge in [-0.15, -0.1) is 0 Å². The Hall–Kier alpha value is -4.19. The molecule has 2 aromatic carbocycles. The zero-order valence-electron chi connectivity index (χ0n) is 22.5. The summed E-state index contributed by atoms with van der Waals surface area (Å²) >= 11 is 0. The first-order chi connectivity index (χ1) is 19.2. The van der Waals surface area contributed by atoms with Crippen LogP contribution in [0, 0.1) is 5.82 Å². The molecule has 2 fully saturated rings. The number of piperazine rings is 1. The van der Waals surface area contributed by atoms with Gasteiger partial charge in [0.15, 0.2) is 0 Å². The van der Waals surface area contributed by atoms with Crippen LogP contribution in [0.15, 0.2) is 42.5 Å². The van der Waals surface area contributed by atoms with Gasteiger partial charge in [-0.1, -0.05) is 12.1 Å². The first kappa shape index (κ1) is 28.8. The molecular weight excluding hydrogens is 519 g/mol. The van der Waals surface area contributed by atoms with Crippen LogP contribution in [-0.4, -0.2) is 80.6 Å². The van der Waals surface area contributed by atoms with Crippen molar-refractivity contribution in [2.45, 2.75) is 32.3 Å². The van der Waals surface area contributed by atoms with Crippen molar-refractivity contribution in [3.63, 3.8) is 0 Å². The number of hydrogen-bond donors (Lipinski definition) is 3. The second-order valence-corrected chi connectivity index (χ2v) is 9.86. The highest BCUT2D eigenvalue weighted by Gasteiger charge is 2.33. The largest absolute Gasteiger partial charge is 0.442 e. The van der Waals surface area contributed by atoms with Crippen molar-refractivity contribution < 1.29 is 28.3 Å². The number of anilines is 3. The van der Waals surface area contributed by atoms with Crippen molar-refractivity contribution >= 4 is 40.9 Å². The van der Waals surface area contributed by atoms with E-state index in [4.69, 9.17) is 10.5 Å². The van der Waals surface area contributed by atoms with E-state index in [1.807, 2.05) is 34.1 Å². The molecule has 11 nitrogen and oxygen atoms in total. The van der Waals surface area contributed by atoms with Crippen LogP contribution in [0.25, 0.3) is 0 Å². The Bertz CT molecular complexity index is 1230. The summed E-state index contributed by atoms with van der Waals surface area (Å²) in [7, 11) is 0. The Morgan fingerprint density at radius 3 is 2.45 bits per heavy atom. The average molecular weight is 555 g/mol. The smallest absolute Gasteiger partial charge is 0.414 e. The van der Waals surface area contributed by atoms with Gasteiger partial charge in [0, 0.05) is 45.2 Å². The van der Waals surface area contributed by atoms with Crippen molar-refractivity contribution in [1.82, 2.24) is 10.2 Å². The van der Waals surface area contributed by atoms with E-state index in [0.29, 0.717) is 56.1 Å². The fourth-order valence-corrected chi connectivity index (χ4v) is 4.78. The Labute approximate surface area is 232 Å². The fraction of sp³-hybridized carbons (Fsp3) is 0.429. The maximum Gasteiger partial charge on any atom is 0.414 e. The molecule has 1 atom stereocenters. The van der Waals surface area contributed by atoms with E-state index >= 15 is 4.39 Å². The summed E-state index contributed by atoms with van der Waals surface area (Å²) in [6, 6.07) is 12.1. The van der Waals surface area contributed by atoms with Crippen LogP contribution in [-0.2, 0) is 25.5 Å². The lowest BCUT2D eigenvalue weighted by Crippen LogP contribution is -2.49. The van der Waals surface area contributed by atoms with Gasteiger partial charge in [-0.05, 0) is 48.7 Å². The third-order valence-corrected chi connectivity index (χ3v) is 6.95. The van der Waals surface area contributed by atoms with E-state index in [0.717, 1.165) is 12.0 Å². The second kappa shape index (κ2) is 13.2. The molecule has 40 heavy (non-hydrogen) atoms. The monoisotopic (exact) mass is 554 g/mol. The van der Waals surface area contributed by atoms with Crippen molar-refractivity contribution in [2.24, 2.45) is 5.73 Å². The molecule has 2 heterocycles. The summed E-state index contributed by atoms with van der Waals surface area (Å²) in [5, 5.41) is 5.31. The number of aryl methyl sites for hydroxylation is 1. The number of carbonyl (C=O) groups excluding carboxylic acids is 4. The van der Waals surface area contributed by atoms with E-state index in [-0.39, 0.29) is 37.4 Å². The summed E-state index contributed by atoms with van der Waals surface area (Å²) in [4.78, 5) is 52.5. The number of nitrogens with two attached hydrogens (primary N) is 1. The van der Waals surface area contributed by atoms with Crippen LogP contribution in [0.5, 0.6) is 0 Å². The average Bonchev–Trinajstić information content (AvgIpc) is 3.33. The van der Waals surface area contributed by atoms with Crippen LogP contribution in [0.2, 0.25) is 0 Å². The normalized spacial score (nSPS) is 17.0. The van der Waals surface area contributed by atoms with Crippen LogP contribution >= 0.6 is 0 Å². The van der Waals surface area contributed by atoms with Crippen molar-refractivity contribution in [1.29, 1.82) is 0 Å². The minimum atomic E-state index is -0.581. The topological polar surface area (TPSA) is 137 Å². The van der Waals surface area contributed by atoms with Crippen molar-refractivity contribution in [3.05, 3.63) is 53.8 Å². The van der Waals surface area contributed by atoms with Gasteiger partial charge in [-0.25, -0.2) is 9.18 Å². The van der Waals surface area contributed by atoms with Gasteiger partial charge in [0.2, 0.25) is 17.7 Å². The zero-order chi connectivity index (χ0) is 28.6. The number of amides is 4. The minimum Gasteiger partial charge on any atom is -0.442 e. The molecule has 0 radical (unpaired) electrons. The number of cyclic esters (lactones) is 1. The molecule has 0 aromatic heterocycles. The fourth-order valence-electron chi connectivity index (χ4n) is 4.78. The molecule has 2 aliphatic rings. The third kappa shape index (κ3) is 7.47. The molecule has 0 saturated carbocycles. The first-order valence-electron chi connectivity index (χ1n) is 13.4. The van der Waals surface area contributed by atoms with E-state index in [9.17, 15) is 19.2 Å². The van der Waals surface area contributed by atoms with Crippen LogP contribution in [0.1, 0.15) is 25.3 Å². The van der Waals surface area contributed by atoms with E-state index in [1.54, 1.807) is 12.1 Å². The van der Waals surface area contributed by atoms with Crippen LogP contribution in [0.3, 0.4) is 0 Å². The number of ether oxygens (including phenoxy) is 1. The number of rotatable bonds is 10. The molecule has 0 spiro atoms. The molecule has 0 aliphatic carbocycles. The molecule has 4 amide bonds. The molecule has 0 unspecified atom stereocenters. The molecule has 4 rings (SSSR count). The van der Waals surface area contributed by atoms with Gasteiger partial charge >= 0.3 is 6.09 Å². The van der Waals surface area contributed by atoms with Gasteiger partial charge in [-0.3, -0.25) is 19.3 Å². The minimum absolute atomic E-state index is 0.0700. The Morgan fingerprint density at radius 2 is 1.80 bits per heavy atom. The summed E-state index contributed by atoms with van der Waals surface area (Å²) in [6.45, 7) is 3.74. The number of nitrogens with zero attached hydrogens (tertiary/aromatic N) is 3. The highest BCUT2D eigenvalue weighted by Crippen LogP contribution is 2.28. The molecule has 2 aromatic rings. The molecule has 12 heteroatoms. The molecule has 2 saturated heterocycles. The Balaban J connectivity index is 1.22. The number of benzene rings is 2. The van der Waals surface area contributed by atoms with Crippen molar-refractivity contribution in [2.75, 3.05) is 60.9 Å². The molecular formula is C28H35FN6O5. The standard InChI is InChI=1S/C28H35FN6O5/c1-19(36)31-17-23-18-35(28(39)40-23)22-9-10-25(24(29)15-22)33-11-13-34(14-12-33)27(38)4-2-3-20-5-7-21(8-6-20)32-26(37)16-30/h5-10,15,23H,2-4,11-14,16-18,30H2,1H3,(H,31,36)(H,32,37)/t23-/m0/s1. The summed E-state index contributed by atoms with van der Waals surface area (Å²) in [5.74, 6) is -0.848. The summed E-state index contributed by atoms with van der Waals surface area (Å²) in [5.41, 5.74) is 7.88. The predicted octanol–water partition coefficient (Wildman–Crippen LogP) is 1.86. The van der Waals surface area contributed by atoms with Crippen LogP contribution < -0.4 is 26.2 Å². The van der Waals surface area contributed by atoms with Gasteiger partial charge < -0.3 is 30.9 Å². The quantitative estimate of drug-likeness (QED) is 0.408. The van der Waals surface area contributed by atoms with Crippen LogP contribution in [0.4, 0.5) is 26.2 Å². The highest BCUT2D eigenvalue weighted by atomic mass is 19.1. The second-order valence-electron chi connectivity index (χ2n) is 9.86. The Morgan fingerprint density at radius 1 is 1.07 bits per heavy atom. The van der Waals surface area contributed by atoms with E-state index < -0.39 is 18.0 Å². The number of hydrogen-bond acceptors (Lipinski definition) is 7. The van der Waals surface area contributed by atoms with E-state index in [2.05, 4.69) is 10.6 Å². The predicted molar refractivity (Wildman–Crippen MR) is 149 cm³/mol. The highest BCUT2D eigenvalue weighted by molar-refractivity contribution is 5.92. The summed E-state index contributed by atoms with van der Waals surface area (Å²) in [6.07, 6.45) is 0.786. The lowest BCUT2D eigenvalue weighted by atomic mass is 10.1. The lowest BCUT2D eigenvalue weighted by molar-refractivity contribution is -0.131. The van der Waals surface area contributed by atoms with Gasteiger partial charge in [-0.2, -0.15) is 0 Å². The van der Waals surface area contributed by atoms with E-state index in [1.165, 1.54) is 17.9 Å². The maximum atomic E-state index is 15.1. The SMILES string of the molecule is CC(=O)NC[C@H]1CN(c2ccc(N3CCN(C(=O)CCCc4ccc(NC(=O)CN)cc4)CC3)c(F)c2)C(=O)O1. The molecule has 0 bridgehead atoms. The molecule has 214 valence electrons. The van der Waals surface area contributed by atoms with Gasteiger partial charge in [0.05, 0.1) is 31.0 Å². The first-order valence-corrected chi connectivity index (χ1v) is 13.4. The summed E-state index contributed by atoms with van der Waals surface area (Å²) < 4.78 is 20.3. The number of carbonyl (C=O) groups is 4. The maximum absolute atomic E-state index is 15.1. The zero-order valence-corrected chi connectivity index (χ0v) is 22.5. The number of halogens is 1. The molecule has 4 N–H and O–H groups in total. The van der Waals surface area contributed by atoms with Gasteiger partial charge in [0.1, 0.15) is 11.9 Å². The lowest BCUT2D eigenvalue weighted by Gasteiger charge is -2.36.